The van der Waals surface area contributed by atoms with Crippen LogP contribution in [0.4, 0.5) is 0 Å². The Bertz CT molecular complexity index is 611. The van der Waals surface area contributed by atoms with Gasteiger partial charge in [-0.05, 0) is 42.5 Å². The van der Waals surface area contributed by atoms with Gasteiger partial charge in [0.1, 0.15) is 0 Å². The Morgan fingerprint density at radius 1 is 1.48 bits per heavy atom. The average Bonchev–Trinajstić information content (AvgIpc) is 3.00. The lowest BCUT2D eigenvalue weighted by molar-refractivity contribution is -0.131. The van der Waals surface area contributed by atoms with Crippen LogP contribution in [0.15, 0.2) is 35.8 Å². The molecule has 0 bridgehead atoms. The monoisotopic (exact) mass is 301 g/mol. The van der Waals surface area contributed by atoms with E-state index in [9.17, 15) is 4.79 Å². The summed E-state index contributed by atoms with van der Waals surface area (Å²) in [6, 6.07) is 8.04. The maximum absolute atomic E-state index is 12.3. The van der Waals surface area contributed by atoms with Gasteiger partial charge in [-0.3, -0.25) is 9.78 Å². The molecule has 1 amide bonds. The Morgan fingerprint density at radius 2 is 2.38 bits per heavy atom. The first kappa shape index (κ1) is 14.2. The van der Waals surface area contributed by atoms with Gasteiger partial charge >= 0.3 is 0 Å². The van der Waals surface area contributed by atoms with Crippen molar-refractivity contribution in [3.05, 3.63) is 52.0 Å². The molecule has 3 rings (SSSR count). The van der Waals surface area contributed by atoms with E-state index in [-0.39, 0.29) is 11.9 Å². The van der Waals surface area contributed by atoms with E-state index in [4.69, 9.17) is 0 Å². The first-order valence-electron chi connectivity index (χ1n) is 7.21. The lowest BCUT2D eigenvalue weighted by Crippen LogP contribution is -2.41. The van der Waals surface area contributed by atoms with Gasteiger partial charge in [-0.25, -0.2) is 0 Å². The molecule has 2 aromatic rings. The van der Waals surface area contributed by atoms with Crippen LogP contribution < -0.4 is 5.32 Å². The number of carbonyl (C=O) groups is 1. The molecule has 1 aliphatic rings. The van der Waals surface area contributed by atoms with Gasteiger partial charge in [0.15, 0.2) is 0 Å². The standard InChI is InChI=1S/C16H19N3OS/c1-12(14-4-2-3-7-17-14)18-10-16(20)19-8-5-15-13(11-19)6-9-21-15/h2-4,6-7,9,12,18H,5,8,10-11H2,1H3. The van der Waals surface area contributed by atoms with Crippen LogP contribution in [0.1, 0.15) is 29.1 Å². The van der Waals surface area contributed by atoms with E-state index in [1.165, 1.54) is 10.4 Å². The van der Waals surface area contributed by atoms with Crippen molar-refractivity contribution >= 4 is 17.2 Å². The number of rotatable bonds is 4. The summed E-state index contributed by atoms with van der Waals surface area (Å²) in [4.78, 5) is 20.0. The Balaban J connectivity index is 1.53. The molecular weight excluding hydrogens is 282 g/mol. The molecule has 5 heteroatoms. The van der Waals surface area contributed by atoms with Gasteiger partial charge in [-0.1, -0.05) is 6.07 Å². The highest BCUT2D eigenvalue weighted by atomic mass is 32.1. The molecule has 0 saturated carbocycles. The number of pyridine rings is 1. The maximum Gasteiger partial charge on any atom is 0.236 e. The third-order valence-corrected chi connectivity index (χ3v) is 4.87. The van der Waals surface area contributed by atoms with Gasteiger partial charge in [-0.2, -0.15) is 0 Å². The summed E-state index contributed by atoms with van der Waals surface area (Å²) in [5, 5.41) is 5.37. The van der Waals surface area contributed by atoms with Crippen molar-refractivity contribution in [1.29, 1.82) is 0 Å². The fraction of sp³-hybridized carbons (Fsp3) is 0.375. The van der Waals surface area contributed by atoms with Crippen molar-refractivity contribution in [2.75, 3.05) is 13.1 Å². The number of amides is 1. The zero-order valence-corrected chi connectivity index (χ0v) is 12.9. The van der Waals surface area contributed by atoms with Crippen molar-refractivity contribution in [3.63, 3.8) is 0 Å². The van der Waals surface area contributed by atoms with Gasteiger partial charge in [0.25, 0.3) is 0 Å². The molecule has 0 radical (unpaired) electrons. The molecule has 1 atom stereocenters. The van der Waals surface area contributed by atoms with Gasteiger partial charge in [0.2, 0.25) is 5.91 Å². The first-order chi connectivity index (χ1) is 10.2. The lowest BCUT2D eigenvalue weighted by Gasteiger charge is -2.27. The summed E-state index contributed by atoms with van der Waals surface area (Å²) in [7, 11) is 0. The highest BCUT2D eigenvalue weighted by Crippen LogP contribution is 2.23. The molecule has 0 fully saturated rings. The fourth-order valence-corrected chi connectivity index (χ4v) is 3.44. The number of hydrogen-bond acceptors (Lipinski definition) is 4. The topological polar surface area (TPSA) is 45.2 Å². The molecular formula is C16H19N3OS. The summed E-state index contributed by atoms with van der Waals surface area (Å²) in [5.41, 5.74) is 2.27. The Hall–Kier alpha value is -1.72. The van der Waals surface area contributed by atoms with E-state index in [0.29, 0.717) is 6.54 Å². The van der Waals surface area contributed by atoms with Gasteiger partial charge in [0, 0.05) is 30.2 Å². The minimum atomic E-state index is 0.0802. The van der Waals surface area contributed by atoms with Crippen LogP contribution in [0.2, 0.25) is 0 Å². The Morgan fingerprint density at radius 3 is 3.19 bits per heavy atom. The number of hydrogen-bond donors (Lipinski definition) is 1. The van der Waals surface area contributed by atoms with Gasteiger partial charge < -0.3 is 10.2 Å². The lowest BCUT2D eigenvalue weighted by atomic mass is 10.1. The quantitative estimate of drug-likeness (QED) is 0.943. The number of fused-ring (bicyclic) bond motifs is 1. The van der Waals surface area contributed by atoms with Crippen molar-refractivity contribution in [1.82, 2.24) is 15.2 Å². The molecule has 0 saturated heterocycles. The number of carbonyl (C=O) groups excluding carboxylic acids is 1. The summed E-state index contributed by atoms with van der Waals surface area (Å²) < 4.78 is 0. The highest BCUT2D eigenvalue weighted by Gasteiger charge is 2.21. The Labute approximate surface area is 128 Å². The molecule has 2 aromatic heterocycles. The minimum Gasteiger partial charge on any atom is -0.337 e. The van der Waals surface area contributed by atoms with E-state index >= 15 is 0 Å². The van der Waals surface area contributed by atoms with Crippen LogP contribution in [-0.4, -0.2) is 28.9 Å². The maximum atomic E-state index is 12.3. The second kappa shape index (κ2) is 6.37. The van der Waals surface area contributed by atoms with Crippen molar-refractivity contribution in [3.8, 4) is 0 Å². The molecule has 4 nitrogen and oxygen atoms in total. The summed E-state index contributed by atoms with van der Waals surface area (Å²) >= 11 is 1.79. The summed E-state index contributed by atoms with van der Waals surface area (Å²) in [6.07, 6.45) is 2.76. The average molecular weight is 301 g/mol. The minimum absolute atomic E-state index is 0.0802. The van der Waals surface area contributed by atoms with E-state index in [1.807, 2.05) is 30.0 Å². The molecule has 0 aliphatic carbocycles. The molecule has 1 aliphatic heterocycles. The predicted molar refractivity (Wildman–Crippen MR) is 84.1 cm³/mol. The zero-order chi connectivity index (χ0) is 14.7. The first-order valence-corrected chi connectivity index (χ1v) is 8.09. The van der Waals surface area contributed by atoms with E-state index in [1.54, 1.807) is 17.5 Å². The second-order valence-electron chi connectivity index (χ2n) is 5.29. The molecule has 1 N–H and O–H groups in total. The van der Waals surface area contributed by atoms with Gasteiger partial charge in [-0.15, -0.1) is 11.3 Å². The van der Waals surface area contributed by atoms with Crippen LogP contribution in [0, 0.1) is 0 Å². The van der Waals surface area contributed by atoms with Crippen LogP contribution in [0.3, 0.4) is 0 Å². The van der Waals surface area contributed by atoms with Crippen LogP contribution in [0.25, 0.3) is 0 Å². The van der Waals surface area contributed by atoms with Crippen LogP contribution >= 0.6 is 11.3 Å². The Kier molecular flexibility index (Phi) is 4.31. The number of nitrogens with zero attached hydrogens (tertiary/aromatic N) is 2. The van der Waals surface area contributed by atoms with E-state index in [2.05, 4.69) is 21.7 Å². The SMILES string of the molecule is CC(NCC(=O)N1CCc2sccc2C1)c1ccccn1. The number of nitrogens with one attached hydrogen (secondary N) is 1. The number of aromatic nitrogens is 1. The van der Waals surface area contributed by atoms with E-state index < -0.39 is 0 Å². The smallest absolute Gasteiger partial charge is 0.236 e. The molecule has 0 spiro atoms. The highest BCUT2D eigenvalue weighted by molar-refractivity contribution is 7.10. The summed E-state index contributed by atoms with van der Waals surface area (Å²) in [6.45, 7) is 3.96. The zero-order valence-electron chi connectivity index (χ0n) is 12.1. The molecule has 110 valence electrons. The fourth-order valence-electron chi connectivity index (χ4n) is 2.55. The van der Waals surface area contributed by atoms with Crippen LogP contribution in [0.5, 0.6) is 0 Å². The normalized spacial score (nSPS) is 15.6. The van der Waals surface area contributed by atoms with Crippen molar-refractivity contribution < 1.29 is 4.79 Å². The van der Waals surface area contributed by atoms with Crippen molar-refractivity contribution in [2.24, 2.45) is 0 Å². The third-order valence-electron chi connectivity index (χ3n) is 3.85. The van der Waals surface area contributed by atoms with Crippen LogP contribution in [-0.2, 0) is 17.8 Å². The predicted octanol–water partition coefficient (Wildman–Crippen LogP) is 2.38. The molecule has 3 heterocycles. The van der Waals surface area contributed by atoms with E-state index in [0.717, 1.165) is 25.2 Å². The van der Waals surface area contributed by atoms with Gasteiger partial charge in [0.05, 0.1) is 12.2 Å². The summed E-state index contributed by atoms with van der Waals surface area (Å²) in [5.74, 6) is 0.162. The molecule has 0 aromatic carbocycles. The third kappa shape index (κ3) is 3.31. The molecule has 21 heavy (non-hydrogen) atoms. The second-order valence-corrected chi connectivity index (χ2v) is 6.29. The number of thiophene rings is 1. The largest absolute Gasteiger partial charge is 0.337 e. The molecule has 1 unspecified atom stereocenters. The van der Waals surface area contributed by atoms with Crippen molar-refractivity contribution in [2.45, 2.75) is 25.9 Å².